The van der Waals surface area contributed by atoms with Crippen molar-refractivity contribution in [3.63, 3.8) is 0 Å². The molecule has 7 aromatic carbocycles. The van der Waals surface area contributed by atoms with Crippen molar-refractivity contribution in [2.24, 2.45) is 0 Å². The number of rotatable bonds is 13. The van der Waals surface area contributed by atoms with Crippen molar-refractivity contribution in [2.45, 2.75) is 117 Å². The fourth-order valence-corrected chi connectivity index (χ4v) is 14.8. The largest absolute Gasteiger partial charge is 0.496 e. The number of hydrogen-bond donors (Lipinski definition) is 0. The van der Waals surface area contributed by atoms with Crippen molar-refractivity contribution in [2.75, 3.05) is 14.2 Å². The molecular formula is C63H69O3P. The Morgan fingerprint density at radius 1 is 0.448 bits per heavy atom. The van der Waals surface area contributed by atoms with Gasteiger partial charge in [-0.2, -0.15) is 0 Å². The first-order chi connectivity index (χ1) is 32.2. The monoisotopic (exact) mass is 904 g/mol. The number of Topliss-reactive ketones (excluding diaryl/α,β-unsaturated/α-hetero) is 1. The van der Waals surface area contributed by atoms with Gasteiger partial charge in [0.05, 0.1) is 14.2 Å². The third-order valence-corrected chi connectivity index (χ3v) is 17.4. The Bertz CT molecular complexity index is 2670. The maximum Gasteiger partial charge on any atom is 0.134 e. The second-order valence-electron chi connectivity index (χ2n) is 19.9. The number of aryl methyl sites for hydroxylation is 2. The average Bonchev–Trinajstić information content (AvgIpc) is 3.32. The molecule has 0 N–H and O–H groups in total. The SMILES string of the molecule is COc1ccccc1-c1cc(C(C)C)c(-c2cccc(-c3c(C(C)C)cc(-c4ccccc4OC)cc3C(C)C)c2P2C(c3ccccc3C)CC(=O)CC2c2ccccc2C)c(C(C)C)c1. The van der Waals surface area contributed by atoms with Crippen LogP contribution in [-0.2, 0) is 4.79 Å². The molecule has 0 amide bonds. The minimum Gasteiger partial charge on any atom is -0.496 e. The molecule has 0 aliphatic carbocycles. The first kappa shape index (κ1) is 47.7. The van der Waals surface area contributed by atoms with Gasteiger partial charge in [0.15, 0.2) is 0 Å². The van der Waals surface area contributed by atoms with Crippen molar-refractivity contribution in [3.8, 4) is 56.0 Å². The number of carbonyl (C=O) groups is 1. The third-order valence-electron chi connectivity index (χ3n) is 14.2. The molecule has 0 aromatic heterocycles. The van der Waals surface area contributed by atoms with Gasteiger partial charge in [-0.3, -0.25) is 4.79 Å². The van der Waals surface area contributed by atoms with Crippen molar-refractivity contribution in [3.05, 3.63) is 184 Å². The van der Waals surface area contributed by atoms with Crippen molar-refractivity contribution in [1.82, 2.24) is 0 Å². The van der Waals surface area contributed by atoms with Gasteiger partial charge in [0.2, 0.25) is 0 Å². The van der Waals surface area contributed by atoms with Gasteiger partial charge in [-0.05, 0) is 133 Å². The third kappa shape index (κ3) is 9.30. The number of hydrogen-bond acceptors (Lipinski definition) is 3. The Morgan fingerprint density at radius 2 is 0.776 bits per heavy atom. The Hall–Kier alpha value is -5.76. The molecule has 1 saturated heterocycles. The Morgan fingerprint density at radius 3 is 1.12 bits per heavy atom. The molecule has 1 aliphatic heterocycles. The molecule has 1 heterocycles. The molecule has 7 aromatic rings. The van der Waals surface area contributed by atoms with Crippen LogP contribution in [0.15, 0.2) is 140 Å². The number of ketones is 1. The molecule has 0 saturated carbocycles. The summed E-state index contributed by atoms with van der Waals surface area (Å²) in [6, 6.07) is 51.5. The molecule has 67 heavy (non-hydrogen) atoms. The molecule has 0 spiro atoms. The van der Waals surface area contributed by atoms with Gasteiger partial charge in [0.1, 0.15) is 17.3 Å². The second kappa shape index (κ2) is 20.2. The first-order valence-corrected chi connectivity index (χ1v) is 25.9. The highest BCUT2D eigenvalue weighted by atomic mass is 31.1. The van der Waals surface area contributed by atoms with Gasteiger partial charge in [0.25, 0.3) is 0 Å². The summed E-state index contributed by atoms with van der Waals surface area (Å²) in [4.78, 5) is 14.6. The lowest BCUT2D eigenvalue weighted by Gasteiger charge is -2.42. The summed E-state index contributed by atoms with van der Waals surface area (Å²) < 4.78 is 12.0. The topological polar surface area (TPSA) is 35.5 Å². The number of para-hydroxylation sites is 2. The molecule has 344 valence electrons. The van der Waals surface area contributed by atoms with Gasteiger partial charge >= 0.3 is 0 Å². The lowest BCUT2D eigenvalue weighted by Crippen LogP contribution is -2.27. The van der Waals surface area contributed by atoms with Crippen LogP contribution >= 0.6 is 7.92 Å². The fraction of sp³-hybridized carbons (Fsp3) is 0.317. The summed E-state index contributed by atoms with van der Waals surface area (Å²) in [6.45, 7) is 23.3. The Kier molecular flexibility index (Phi) is 14.4. The standard InChI is InChI=1S/C63H69O3P/c1-38(2)53-32-44(49-26-17-19-30-57(49)65-11)33-54(39(3)4)61(53)51-28-21-29-52(62-55(40(5)6)34-45(35-56(62)41(7)8)50-27-18-20-31-58(50)66-12)63(51)67-59(47-24-15-13-22-42(47)9)36-46(64)37-60(67)48-25-16-14-23-43(48)10/h13-35,38-41,59-60H,36-37H2,1-12H3. The van der Waals surface area contributed by atoms with Crippen LogP contribution in [0.5, 0.6) is 11.5 Å². The molecule has 2 atom stereocenters. The van der Waals surface area contributed by atoms with Gasteiger partial charge in [0, 0.05) is 35.3 Å². The highest BCUT2D eigenvalue weighted by Gasteiger charge is 2.43. The number of methoxy groups -OCH3 is 2. The predicted octanol–water partition coefficient (Wildman–Crippen LogP) is 17.4. The van der Waals surface area contributed by atoms with Crippen LogP contribution in [0.1, 0.15) is 148 Å². The van der Waals surface area contributed by atoms with Crippen LogP contribution in [0, 0.1) is 13.8 Å². The van der Waals surface area contributed by atoms with E-state index >= 15 is 0 Å². The first-order valence-electron chi connectivity index (χ1n) is 24.4. The summed E-state index contributed by atoms with van der Waals surface area (Å²) in [6.07, 6.45) is 1.04. The summed E-state index contributed by atoms with van der Waals surface area (Å²) in [5.41, 5.74) is 20.2. The summed E-state index contributed by atoms with van der Waals surface area (Å²) in [5, 5.41) is 1.41. The molecule has 0 bridgehead atoms. The number of benzene rings is 7. The molecular weight excluding hydrogens is 836 g/mol. The highest BCUT2D eigenvalue weighted by molar-refractivity contribution is 7.67. The fourth-order valence-electron chi connectivity index (χ4n) is 10.8. The lowest BCUT2D eigenvalue weighted by molar-refractivity contribution is -0.119. The van der Waals surface area contributed by atoms with Crippen LogP contribution in [0.3, 0.4) is 0 Å². The smallest absolute Gasteiger partial charge is 0.134 e. The molecule has 1 aliphatic rings. The molecule has 0 radical (unpaired) electrons. The summed E-state index contributed by atoms with van der Waals surface area (Å²) in [7, 11) is 2.44. The zero-order chi connectivity index (χ0) is 47.7. The van der Waals surface area contributed by atoms with Crippen molar-refractivity contribution >= 4 is 19.0 Å². The molecule has 1 fully saturated rings. The van der Waals surface area contributed by atoms with Gasteiger partial charge in [-0.1, -0.05) is 191 Å². The minimum absolute atomic E-state index is 0.0117. The second-order valence-corrected chi connectivity index (χ2v) is 22.4. The van der Waals surface area contributed by atoms with E-state index in [0.717, 1.165) is 22.6 Å². The van der Waals surface area contributed by atoms with Crippen LogP contribution in [0.25, 0.3) is 44.5 Å². The molecule has 4 heteroatoms. The van der Waals surface area contributed by atoms with Crippen LogP contribution in [0.2, 0.25) is 0 Å². The van der Waals surface area contributed by atoms with Crippen LogP contribution in [0.4, 0.5) is 0 Å². The lowest BCUT2D eigenvalue weighted by atomic mass is 9.79. The van der Waals surface area contributed by atoms with E-state index in [-0.39, 0.29) is 35.0 Å². The van der Waals surface area contributed by atoms with E-state index in [2.05, 4.69) is 197 Å². The predicted molar refractivity (Wildman–Crippen MR) is 286 cm³/mol. The van der Waals surface area contributed by atoms with E-state index in [1.54, 1.807) is 14.2 Å². The zero-order valence-electron chi connectivity index (χ0n) is 41.8. The van der Waals surface area contributed by atoms with E-state index in [1.165, 1.54) is 83.2 Å². The van der Waals surface area contributed by atoms with Gasteiger partial charge in [-0.15, -0.1) is 0 Å². The maximum absolute atomic E-state index is 14.6. The van der Waals surface area contributed by atoms with Crippen LogP contribution < -0.4 is 14.8 Å². The molecule has 8 rings (SSSR count). The summed E-state index contributed by atoms with van der Waals surface area (Å²) >= 11 is 0. The molecule has 2 unspecified atom stereocenters. The van der Waals surface area contributed by atoms with E-state index in [0.29, 0.717) is 18.6 Å². The number of ether oxygens (including phenoxy) is 2. The van der Waals surface area contributed by atoms with E-state index < -0.39 is 7.92 Å². The van der Waals surface area contributed by atoms with E-state index in [4.69, 9.17) is 9.47 Å². The van der Waals surface area contributed by atoms with Gasteiger partial charge < -0.3 is 9.47 Å². The number of carbonyl (C=O) groups excluding carboxylic acids is 1. The summed E-state index contributed by atoms with van der Waals surface area (Å²) in [5.74, 6) is 2.97. The van der Waals surface area contributed by atoms with Gasteiger partial charge in [-0.25, -0.2) is 0 Å². The highest BCUT2D eigenvalue weighted by Crippen LogP contribution is 2.69. The normalized spacial score (nSPS) is 16.4. The Balaban J connectivity index is 1.57. The van der Waals surface area contributed by atoms with Crippen LogP contribution in [-0.4, -0.2) is 20.0 Å². The Labute approximate surface area is 402 Å². The minimum atomic E-state index is -1.10. The maximum atomic E-state index is 14.6. The van der Waals surface area contributed by atoms with Crippen molar-refractivity contribution < 1.29 is 14.3 Å². The average molecular weight is 905 g/mol. The zero-order valence-corrected chi connectivity index (χ0v) is 42.7. The van der Waals surface area contributed by atoms with Crippen molar-refractivity contribution in [1.29, 1.82) is 0 Å². The van der Waals surface area contributed by atoms with E-state index in [9.17, 15) is 4.79 Å². The quantitative estimate of drug-likeness (QED) is 0.108. The molecule has 3 nitrogen and oxygen atoms in total. The van der Waals surface area contributed by atoms with E-state index in [1.807, 2.05) is 12.1 Å².